The van der Waals surface area contributed by atoms with Crippen molar-refractivity contribution in [2.45, 2.75) is 32.7 Å². The highest BCUT2D eigenvalue weighted by atomic mass is 79.9. The molecule has 0 saturated carbocycles. The summed E-state index contributed by atoms with van der Waals surface area (Å²) in [5, 5.41) is 0.948. The van der Waals surface area contributed by atoms with Crippen molar-refractivity contribution in [2.24, 2.45) is 0 Å². The van der Waals surface area contributed by atoms with Gasteiger partial charge in [0.25, 0.3) is 5.91 Å². The minimum absolute atomic E-state index is 0.00771. The zero-order valence-corrected chi connectivity index (χ0v) is 14.6. The van der Waals surface area contributed by atoms with E-state index >= 15 is 0 Å². The number of halogens is 1. The molecule has 2 N–H and O–H groups in total. The van der Waals surface area contributed by atoms with Gasteiger partial charge in [-0.25, -0.2) is 0 Å². The van der Waals surface area contributed by atoms with Crippen molar-refractivity contribution in [2.75, 3.05) is 12.8 Å². The minimum Gasteiger partial charge on any atom is -0.397 e. The van der Waals surface area contributed by atoms with Crippen LogP contribution in [0.2, 0.25) is 0 Å². The molecule has 1 amide bonds. The monoisotopic (exact) mass is 354 g/mol. The van der Waals surface area contributed by atoms with Gasteiger partial charge >= 0.3 is 0 Å². The van der Waals surface area contributed by atoms with Crippen LogP contribution in [0.25, 0.3) is 10.1 Å². The number of nitrogens with two attached hydrogens (primary N) is 1. The van der Waals surface area contributed by atoms with E-state index in [1.807, 2.05) is 25.2 Å². The van der Waals surface area contributed by atoms with Gasteiger partial charge in [-0.05, 0) is 32.4 Å². The molecule has 2 aromatic rings. The van der Waals surface area contributed by atoms with Crippen molar-refractivity contribution in [3.63, 3.8) is 0 Å². The predicted octanol–water partition coefficient (Wildman–Crippen LogP) is 4.51. The number of thiophene rings is 1. The molecular formula is C15H19BrN2OS. The quantitative estimate of drug-likeness (QED) is 0.881. The fraction of sp³-hybridized carbons (Fsp3) is 0.400. The van der Waals surface area contributed by atoms with Gasteiger partial charge in [-0.1, -0.05) is 28.9 Å². The van der Waals surface area contributed by atoms with Crippen LogP contribution in [-0.2, 0) is 0 Å². The van der Waals surface area contributed by atoms with Gasteiger partial charge in [0.15, 0.2) is 0 Å². The van der Waals surface area contributed by atoms with Crippen LogP contribution in [0.1, 0.15) is 36.9 Å². The zero-order chi connectivity index (χ0) is 15.1. The maximum atomic E-state index is 12.7. The molecule has 0 aliphatic heterocycles. The number of nitrogens with zero attached hydrogens (tertiary/aromatic N) is 1. The van der Waals surface area contributed by atoms with Crippen molar-refractivity contribution in [3.8, 4) is 0 Å². The highest BCUT2D eigenvalue weighted by molar-refractivity contribution is 9.10. The van der Waals surface area contributed by atoms with Crippen molar-refractivity contribution < 1.29 is 4.79 Å². The van der Waals surface area contributed by atoms with Crippen LogP contribution in [0.3, 0.4) is 0 Å². The molecule has 1 aromatic carbocycles. The maximum Gasteiger partial charge on any atom is 0.266 e. The zero-order valence-electron chi connectivity index (χ0n) is 12.2. The average molecular weight is 355 g/mol. The van der Waals surface area contributed by atoms with Gasteiger partial charge in [0.1, 0.15) is 4.88 Å². The van der Waals surface area contributed by atoms with Crippen LogP contribution in [-0.4, -0.2) is 23.4 Å². The predicted molar refractivity (Wildman–Crippen MR) is 90.4 cm³/mol. The lowest BCUT2D eigenvalue weighted by atomic mass is 9.99. The Kier molecular flexibility index (Phi) is 4.12. The van der Waals surface area contributed by atoms with Crippen LogP contribution < -0.4 is 5.73 Å². The number of hydrogen-bond acceptors (Lipinski definition) is 3. The Morgan fingerprint density at radius 2 is 2.10 bits per heavy atom. The molecule has 1 heterocycles. The molecular weight excluding hydrogens is 336 g/mol. The second-order valence-corrected chi connectivity index (χ2v) is 7.48. The Bertz CT molecular complexity index is 663. The smallest absolute Gasteiger partial charge is 0.266 e. The van der Waals surface area contributed by atoms with Crippen LogP contribution in [0.4, 0.5) is 5.69 Å². The molecule has 0 spiro atoms. The molecule has 2 rings (SSSR count). The molecule has 0 fully saturated rings. The van der Waals surface area contributed by atoms with Gasteiger partial charge < -0.3 is 10.6 Å². The summed E-state index contributed by atoms with van der Waals surface area (Å²) in [7, 11) is 1.84. The van der Waals surface area contributed by atoms with E-state index in [4.69, 9.17) is 5.73 Å². The first-order chi connectivity index (χ1) is 9.27. The van der Waals surface area contributed by atoms with Crippen molar-refractivity contribution >= 4 is 48.9 Å². The van der Waals surface area contributed by atoms with E-state index in [-0.39, 0.29) is 11.4 Å². The number of carbonyl (C=O) groups is 1. The molecule has 0 radical (unpaired) electrons. The van der Waals surface area contributed by atoms with Crippen LogP contribution in [0.5, 0.6) is 0 Å². The van der Waals surface area contributed by atoms with E-state index in [0.29, 0.717) is 10.6 Å². The van der Waals surface area contributed by atoms with Crippen LogP contribution >= 0.6 is 27.3 Å². The molecule has 0 aliphatic carbocycles. The highest BCUT2D eigenvalue weighted by Gasteiger charge is 2.29. The van der Waals surface area contributed by atoms with Gasteiger partial charge in [-0.3, -0.25) is 4.79 Å². The Morgan fingerprint density at radius 1 is 1.45 bits per heavy atom. The first-order valence-electron chi connectivity index (χ1n) is 6.53. The number of anilines is 1. The third-order valence-corrected chi connectivity index (χ3v) is 5.61. The molecule has 108 valence electrons. The summed E-state index contributed by atoms with van der Waals surface area (Å²) in [6.07, 6.45) is 0.894. The number of fused-ring (bicyclic) bond motifs is 1. The van der Waals surface area contributed by atoms with E-state index in [1.165, 1.54) is 11.3 Å². The largest absolute Gasteiger partial charge is 0.397 e. The molecule has 0 saturated heterocycles. The number of amides is 1. The third-order valence-electron chi connectivity index (χ3n) is 3.96. The molecule has 1 aromatic heterocycles. The van der Waals surface area contributed by atoms with Crippen molar-refractivity contribution in [1.82, 2.24) is 4.90 Å². The third kappa shape index (κ3) is 2.56. The van der Waals surface area contributed by atoms with E-state index in [1.54, 1.807) is 4.90 Å². The summed E-state index contributed by atoms with van der Waals surface area (Å²) < 4.78 is 2.02. The fourth-order valence-corrected chi connectivity index (χ4v) is 3.56. The standard InChI is InChI=1S/C15H19BrN2OS/c1-5-15(2,3)18(4)14(19)13-12(17)10-7-6-9(16)8-11(10)20-13/h6-8H,5,17H2,1-4H3. The summed E-state index contributed by atoms with van der Waals surface area (Å²) in [5.74, 6) is -0.00771. The van der Waals surface area contributed by atoms with Gasteiger partial charge in [0.2, 0.25) is 0 Å². The SMILES string of the molecule is CCC(C)(C)N(C)C(=O)c1sc2cc(Br)ccc2c1N. The highest BCUT2D eigenvalue weighted by Crippen LogP contribution is 2.36. The minimum atomic E-state index is -0.180. The van der Waals surface area contributed by atoms with Gasteiger partial charge in [0, 0.05) is 27.1 Å². The number of hydrogen-bond donors (Lipinski definition) is 1. The Morgan fingerprint density at radius 3 is 2.70 bits per heavy atom. The number of nitrogen functional groups attached to an aromatic ring is 1. The molecule has 5 heteroatoms. The maximum absolute atomic E-state index is 12.7. The summed E-state index contributed by atoms with van der Waals surface area (Å²) >= 11 is 4.90. The fourth-order valence-electron chi connectivity index (χ4n) is 1.91. The lowest BCUT2D eigenvalue weighted by molar-refractivity contribution is 0.0626. The Labute approximate surface area is 131 Å². The second-order valence-electron chi connectivity index (χ2n) is 5.52. The van der Waals surface area contributed by atoms with Crippen molar-refractivity contribution in [1.29, 1.82) is 0 Å². The van der Waals surface area contributed by atoms with E-state index in [9.17, 15) is 4.79 Å². The summed E-state index contributed by atoms with van der Waals surface area (Å²) in [4.78, 5) is 15.1. The van der Waals surface area contributed by atoms with Crippen molar-refractivity contribution in [3.05, 3.63) is 27.5 Å². The number of rotatable bonds is 3. The van der Waals surface area contributed by atoms with Gasteiger partial charge in [0.05, 0.1) is 5.69 Å². The second kappa shape index (κ2) is 5.37. The lowest BCUT2D eigenvalue weighted by Crippen LogP contribution is -2.44. The summed E-state index contributed by atoms with van der Waals surface area (Å²) in [6, 6.07) is 5.89. The Hall–Kier alpha value is -1.07. The molecule has 0 bridgehead atoms. The number of carbonyl (C=O) groups excluding carboxylic acids is 1. The van der Waals surface area contributed by atoms with E-state index in [0.717, 1.165) is 21.0 Å². The summed E-state index contributed by atoms with van der Waals surface area (Å²) in [6.45, 7) is 6.20. The first kappa shape index (κ1) is 15.3. The van der Waals surface area contributed by atoms with Crippen LogP contribution in [0.15, 0.2) is 22.7 Å². The van der Waals surface area contributed by atoms with Crippen LogP contribution in [0, 0.1) is 0 Å². The van der Waals surface area contributed by atoms with E-state index in [2.05, 4.69) is 36.7 Å². The molecule has 20 heavy (non-hydrogen) atoms. The molecule has 0 aliphatic rings. The first-order valence-corrected chi connectivity index (χ1v) is 8.14. The Balaban J connectivity index is 2.48. The van der Waals surface area contributed by atoms with Gasteiger partial charge in [-0.15, -0.1) is 11.3 Å². The van der Waals surface area contributed by atoms with E-state index < -0.39 is 0 Å². The molecule has 0 unspecified atom stereocenters. The topological polar surface area (TPSA) is 46.3 Å². The lowest BCUT2D eigenvalue weighted by Gasteiger charge is -2.34. The molecule has 3 nitrogen and oxygen atoms in total. The molecule has 0 atom stereocenters. The summed E-state index contributed by atoms with van der Waals surface area (Å²) in [5.41, 5.74) is 6.56. The average Bonchev–Trinajstić information content (AvgIpc) is 2.73. The van der Waals surface area contributed by atoms with Gasteiger partial charge in [-0.2, -0.15) is 0 Å². The normalized spacial score (nSPS) is 11.8. The number of benzene rings is 1.